The lowest BCUT2D eigenvalue weighted by atomic mass is 10.1. The zero-order valence-corrected chi connectivity index (χ0v) is 18.1. The van der Waals surface area contributed by atoms with Crippen molar-refractivity contribution in [2.75, 3.05) is 13.1 Å². The van der Waals surface area contributed by atoms with Crippen molar-refractivity contribution >= 4 is 17.1 Å². The molecule has 0 N–H and O–H groups in total. The number of amides is 1. The van der Waals surface area contributed by atoms with Crippen LogP contribution in [0.5, 0.6) is 6.01 Å². The molecule has 9 heteroatoms. The number of nitrogens with zero attached hydrogens (tertiary/aromatic N) is 5. The number of aromatic nitrogens is 4. The molecule has 3 heterocycles. The Bertz CT molecular complexity index is 1020. The van der Waals surface area contributed by atoms with Gasteiger partial charge in [0.15, 0.2) is 11.2 Å². The number of aryl methyl sites for hydroxylation is 2. The fraction of sp³-hybridized carbons (Fsp3) is 0.700. The predicted molar refractivity (Wildman–Crippen MR) is 110 cm³/mol. The molecule has 3 rings (SSSR count). The summed E-state index contributed by atoms with van der Waals surface area (Å²) in [7, 11) is 3.07. The van der Waals surface area contributed by atoms with Crippen molar-refractivity contribution in [2.45, 2.75) is 53.2 Å². The Morgan fingerprint density at radius 1 is 1.10 bits per heavy atom. The van der Waals surface area contributed by atoms with Gasteiger partial charge in [0.2, 0.25) is 5.91 Å². The van der Waals surface area contributed by atoms with E-state index in [0.29, 0.717) is 55.1 Å². The second-order valence-corrected chi connectivity index (χ2v) is 8.74. The summed E-state index contributed by atoms with van der Waals surface area (Å²) < 4.78 is 10.3. The van der Waals surface area contributed by atoms with E-state index in [4.69, 9.17) is 4.74 Å². The lowest BCUT2D eigenvalue weighted by Crippen LogP contribution is -2.56. The number of carbonyl (C=O) groups excluding carboxylic acids is 1. The lowest BCUT2D eigenvalue weighted by molar-refractivity contribution is -0.141. The van der Waals surface area contributed by atoms with E-state index in [0.717, 1.165) is 11.0 Å². The van der Waals surface area contributed by atoms with Crippen LogP contribution in [0.4, 0.5) is 0 Å². The van der Waals surface area contributed by atoms with Gasteiger partial charge in [0.05, 0.1) is 13.1 Å². The molecule has 2 aromatic rings. The van der Waals surface area contributed by atoms with Crippen molar-refractivity contribution in [3.8, 4) is 6.01 Å². The Morgan fingerprint density at radius 3 is 2.34 bits per heavy atom. The molecule has 0 aliphatic carbocycles. The summed E-state index contributed by atoms with van der Waals surface area (Å²) in [5.41, 5.74) is -0.102. The zero-order chi connectivity index (χ0) is 21.5. The molecule has 0 atom stereocenters. The Morgan fingerprint density at radius 2 is 1.76 bits per heavy atom. The molecule has 0 saturated carbocycles. The van der Waals surface area contributed by atoms with Gasteiger partial charge in [-0.15, -0.1) is 0 Å². The summed E-state index contributed by atoms with van der Waals surface area (Å²) in [6, 6.07) is 0.333. The Kier molecular flexibility index (Phi) is 5.86. The maximum absolute atomic E-state index is 12.8. The van der Waals surface area contributed by atoms with Crippen LogP contribution in [0, 0.1) is 11.8 Å². The van der Waals surface area contributed by atoms with Crippen LogP contribution in [0.25, 0.3) is 11.2 Å². The van der Waals surface area contributed by atoms with E-state index in [-0.39, 0.29) is 17.6 Å². The summed E-state index contributed by atoms with van der Waals surface area (Å²) >= 11 is 0. The van der Waals surface area contributed by atoms with Gasteiger partial charge in [0, 0.05) is 27.1 Å². The summed E-state index contributed by atoms with van der Waals surface area (Å²) in [5, 5.41) is 0. The topological polar surface area (TPSA) is 91.4 Å². The van der Waals surface area contributed by atoms with Gasteiger partial charge >= 0.3 is 5.69 Å². The molecule has 1 aliphatic rings. The highest BCUT2D eigenvalue weighted by Gasteiger charge is 2.34. The third kappa shape index (κ3) is 4.09. The first-order chi connectivity index (χ1) is 13.6. The molecule has 1 amide bonds. The number of hydrogen-bond acceptors (Lipinski definition) is 5. The fourth-order valence-electron chi connectivity index (χ4n) is 3.45. The van der Waals surface area contributed by atoms with Gasteiger partial charge in [-0.2, -0.15) is 4.98 Å². The number of hydrogen-bond donors (Lipinski definition) is 0. The lowest BCUT2D eigenvalue weighted by Gasteiger charge is -2.39. The molecule has 0 unspecified atom stereocenters. The fourth-order valence-corrected chi connectivity index (χ4v) is 3.45. The highest BCUT2D eigenvalue weighted by atomic mass is 16.5. The average Bonchev–Trinajstić information content (AvgIpc) is 2.96. The molecule has 9 nitrogen and oxygen atoms in total. The third-order valence-electron chi connectivity index (χ3n) is 5.30. The van der Waals surface area contributed by atoms with Gasteiger partial charge in [-0.25, -0.2) is 4.79 Å². The highest BCUT2D eigenvalue weighted by molar-refractivity contribution is 5.77. The van der Waals surface area contributed by atoms with E-state index in [9.17, 15) is 14.4 Å². The summed E-state index contributed by atoms with van der Waals surface area (Å²) in [6.07, 6.45) is 1.21. The van der Waals surface area contributed by atoms with Crippen molar-refractivity contribution in [1.82, 2.24) is 23.6 Å². The van der Waals surface area contributed by atoms with Crippen molar-refractivity contribution in [3.63, 3.8) is 0 Å². The normalized spacial score (nSPS) is 14.8. The third-order valence-corrected chi connectivity index (χ3v) is 5.30. The highest BCUT2D eigenvalue weighted by Crippen LogP contribution is 2.23. The smallest absolute Gasteiger partial charge is 0.332 e. The standard InChI is InChI=1S/C20H31N5O4/c1-12(2)7-8-25-16-17(22(5)20(28)23(6)18(16)27)21-19(25)29-14-10-24(11-14)15(26)9-13(3)4/h12-14H,7-11H2,1-6H3. The largest absolute Gasteiger partial charge is 0.458 e. The molecule has 1 saturated heterocycles. The zero-order valence-electron chi connectivity index (χ0n) is 18.1. The minimum absolute atomic E-state index is 0.129. The van der Waals surface area contributed by atoms with Crippen molar-refractivity contribution in [2.24, 2.45) is 25.9 Å². The predicted octanol–water partition coefficient (Wildman–Crippen LogP) is 1.12. The van der Waals surface area contributed by atoms with Crippen LogP contribution in [0.2, 0.25) is 0 Å². The first kappa shape index (κ1) is 21.1. The summed E-state index contributed by atoms with van der Waals surface area (Å²) in [4.78, 5) is 43.5. The molecular weight excluding hydrogens is 374 g/mol. The first-order valence-electron chi connectivity index (χ1n) is 10.2. The molecule has 2 aromatic heterocycles. The summed E-state index contributed by atoms with van der Waals surface area (Å²) in [6.45, 7) is 9.85. The van der Waals surface area contributed by atoms with E-state index < -0.39 is 5.69 Å². The minimum atomic E-state index is -0.420. The van der Waals surface area contributed by atoms with Gasteiger partial charge in [0.1, 0.15) is 6.10 Å². The van der Waals surface area contributed by atoms with Gasteiger partial charge in [0.25, 0.3) is 11.6 Å². The Labute approximate surface area is 169 Å². The number of likely N-dealkylation sites (tertiary alicyclic amines) is 1. The van der Waals surface area contributed by atoms with Crippen LogP contribution >= 0.6 is 0 Å². The molecular formula is C20H31N5O4. The monoisotopic (exact) mass is 405 g/mol. The minimum Gasteiger partial charge on any atom is -0.458 e. The van der Waals surface area contributed by atoms with Crippen LogP contribution in [0.15, 0.2) is 9.59 Å². The van der Waals surface area contributed by atoms with Crippen LogP contribution in [0.3, 0.4) is 0 Å². The second kappa shape index (κ2) is 8.04. The first-order valence-corrected chi connectivity index (χ1v) is 10.2. The van der Waals surface area contributed by atoms with Crippen molar-refractivity contribution in [3.05, 3.63) is 20.8 Å². The number of carbonyl (C=O) groups is 1. The number of imidazole rings is 1. The van der Waals surface area contributed by atoms with Crippen LogP contribution in [-0.4, -0.2) is 48.7 Å². The molecule has 0 bridgehead atoms. The van der Waals surface area contributed by atoms with Gasteiger partial charge in [-0.1, -0.05) is 27.7 Å². The quantitative estimate of drug-likeness (QED) is 0.688. The average molecular weight is 405 g/mol. The molecule has 1 fully saturated rings. The van der Waals surface area contributed by atoms with E-state index >= 15 is 0 Å². The van der Waals surface area contributed by atoms with Crippen molar-refractivity contribution in [1.29, 1.82) is 0 Å². The molecule has 0 radical (unpaired) electrons. The van der Waals surface area contributed by atoms with E-state index in [1.807, 2.05) is 13.8 Å². The molecule has 1 aliphatic heterocycles. The molecule has 29 heavy (non-hydrogen) atoms. The number of fused-ring (bicyclic) bond motifs is 1. The maximum Gasteiger partial charge on any atom is 0.332 e. The van der Waals surface area contributed by atoms with Gasteiger partial charge < -0.3 is 9.64 Å². The molecule has 0 aromatic carbocycles. The molecule has 0 spiro atoms. The Hall–Kier alpha value is -2.58. The molecule has 160 valence electrons. The van der Waals surface area contributed by atoms with Crippen molar-refractivity contribution < 1.29 is 9.53 Å². The van der Waals surface area contributed by atoms with Crippen LogP contribution in [0.1, 0.15) is 40.5 Å². The maximum atomic E-state index is 12.8. The van der Waals surface area contributed by atoms with Crippen LogP contribution in [-0.2, 0) is 25.4 Å². The number of ether oxygens (including phenoxy) is 1. The van der Waals surface area contributed by atoms with Gasteiger partial charge in [-0.05, 0) is 18.3 Å². The van der Waals surface area contributed by atoms with Crippen LogP contribution < -0.4 is 16.0 Å². The van der Waals surface area contributed by atoms with E-state index in [1.165, 1.54) is 11.6 Å². The SMILES string of the molecule is CC(C)CCn1c(OC2CN(C(=O)CC(C)C)C2)nc2c1c(=O)n(C)c(=O)n2C. The van der Waals surface area contributed by atoms with E-state index in [2.05, 4.69) is 18.8 Å². The Balaban J connectivity index is 1.90. The summed E-state index contributed by atoms with van der Waals surface area (Å²) in [5.74, 6) is 0.883. The van der Waals surface area contributed by atoms with E-state index in [1.54, 1.807) is 16.5 Å². The van der Waals surface area contributed by atoms with Gasteiger partial charge in [-0.3, -0.25) is 23.3 Å². The number of rotatable bonds is 7. The second-order valence-electron chi connectivity index (χ2n) is 8.74.